The zero-order valence-corrected chi connectivity index (χ0v) is 24.7. The van der Waals surface area contributed by atoms with Gasteiger partial charge >= 0.3 is 12.3 Å². The molecular weight excluding hydrogens is 543 g/mol. The van der Waals surface area contributed by atoms with Gasteiger partial charge in [-0.3, -0.25) is 9.59 Å². The molecule has 3 amide bonds. The molecule has 10 nitrogen and oxygen atoms in total. The third-order valence-electron chi connectivity index (χ3n) is 9.08. The summed E-state index contributed by atoms with van der Waals surface area (Å²) in [6.07, 6.45) is -3.77. The Balaban J connectivity index is 0.000000275. The number of nitriles is 1. The van der Waals surface area contributed by atoms with Crippen molar-refractivity contribution in [3.05, 3.63) is 0 Å². The van der Waals surface area contributed by atoms with Crippen molar-refractivity contribution in [2.45, 2.75) is 103 Å². The van der Waals surface area contributed by atoms with Gasteiger partial charge in [0.05, 0.1) is 18.2 Å². The summed E-state index contributed by atoms with van der Waals surface area (Å²) in [5, 5.41) is 17.0. The molecule has 0 aromatic heterocycles. The van der Waals surface area contributed by atoms with Crippen molar-refractivity contribution in [2.24, 2.45) is 28.6 Å². The van der Waals surface area contributed by atoms with E-state index in [4.69, 9.17) is 5.26 Å². The molecule has 2 aliphatic heterocycles. The Morgan fingerprint density at radius 3 is 2.32 bits per heavy atom. The molecule has 4 fully saturated rings. The van der Waals surface area contributed by atoms with Gasteiger partial charge in [0.25, 0.3) is 0 Å². The maximum Gasteiger partial charge on any atom is 0.425 e. The molecule has 2 heterocycles. The Hall–Kier alpha value is -2.88. The number of ether oxygens (including phenoxy) is 1. The first kappa shape index (κ1) is 32.6. The van der Waals surface area contributed by atoms with E-state index in [0.29, 0.717) is 19.9 Å². The average molecular weight is 586 g/mol. The Bertz CT molecular complexity index is 1080. The number of hydrogen-bond acceptors (Lipinski definition) is 7. The summed E-state index contributed by atoms with van der Waals surface area (Å²) < 4.78 is 42.1. The minimum absolute atomic E-state index is 0.0198. The van der Waals surface area contributed by atoms with E-state index < -0.39 is 41.8 Å². The minimum Gasteiger partial charge on any atom is -0.437 e. The van der Waals surface area contributed by atoms with Crippen LogP contribution >= 0.6 is 0 Å². The zero-order chi connectivity index (χ0) is 31.1. The highest BCUT2D eigenvalue weighted by Gasteiger charge is 2.68. The molecule has 0 radical (unpaired) electrons. The molecule has 7 unspecified atom stereocenters. The van der Waals surface area contributed by atoms with Crippen LogP contribution in [0.3, 0.4) is 0 Å². The fourth-order valence-corrected chi connectivity index (χ4v) is 6.10. The number of piperidine rings is 1. The SMILES string of the molecule is CC(OC(=O)NC(C(=O)N1CC2C(C1C=O)C2(C)C)C(C)(C)C)C(F)(F)F.CNC(C#N)CC1CC2(CC2)NC1=O. The zero-order valence-electron chi connectivity index (χ0n) is 24.7. The van der Waals surface area contributed by atoms with E-state index >= 15 is 0 Å². The van der Waals surface area contributed by atoms with Crippen LogP contribution in [0.4, 0.5) is 18.0 Å². The number of alkyl carbamates (subject to hydrolysis) is 1. The number of nitrogens with zero attached hydrogens (tertiary/aromatic N) is 2. The van der Waals surface area contributed by atoms with Gasteiger partial charge in [-0.1, -0.05) is 34.6 Å². The third kappa shape index (κ3) is 7.13. The average Bonchev–Trinajstić information content (AvgIpc) is 3.59. The van der Waals surface area contributed by atoms with Crippen LogP contribution in [0.25, 0.3) is 0 Å². The molecule has 4 rings (SSSR count). The van der Waals surface area contributed by atoms with Gasteiger partial charge in [0.1, 0.15) is 12.3 Å². The fraction of sp³-hybridized carbons (Fsp3) is 0.821. The molecule has 1 spiro atoms. The van der Waals surface area contributed by atoms with Gasteiger partial charge in [0.2, 0.25) is 11.8 Å². The van der Waals surface area contributed by atoms with Crippen LogP contribution in [-0.4, -0.2) is 78.6 Å². The number of aldehydes is 1. The summed E-state index contributed by atoms with van der Waals surface area (Å²) in [5.41, 5.74) is -0.670. The van der Waals surface area contributed by atoms with Crippen LogP contribution < -0.4 is 16.0 Å². The smallest absolute Gasteiger partial charge is 0.425 e. The first-order valence-corrected chi connectivity index (χ1v) is 14.0. The van der Waals surface area contributed by atoms with Crippen molar-refractivity contribution in [1.29, 1.82) is 5.26 Å². The van der Waals surface area contributed by atoms with Gasteiger partial charge in [0.15, 0.2) is 6.10 Å². The topological polar surface area (TPSA) is 141 Å². The molecule has 4 aliphatic rings. The predicted molar refractivity (Wildman–Crippen MR) is 142 cm³/mol. The largest absolute Gasteiger partial charge is 0.437 e. The summed E-state index contributed by atoms with van der Waals surface area (Å²) >= 11 is 0. The first-order valence-electron chi connectivity index (χ1n) is 14.0. The minimum atomic E-state index is -4.69. The van der Waals surface area contributed by atoms with Gasteiger partial charge in [0, 0.05) is 18.0 Å². The molecule has 230 valence electrons. The van der Waals surface area contributed by atoms with Gasteiger partial charge < -0.3 is 30.4 Å². The van der Waals surface area contributed by atoms with Crippen LogP contribution in [0.15, 0.2) is 0 Å². The summed E-state index contributed by atoms with van der Waals surface area (Å²) in [5.74, 6) is -0.0435. The molecule has 0 aromatic rings. The van der Waals surface area contributed by atoms with E-state index in [1.165, 1.54) is 4.90 Å². The van der Waals surface area contributed by atoms with Gasteiger partial charge in [-0.15, -0.1) is 0 Å². The Kier molecular flexibility index (Phi) is 9.09. The summed E-state index contributed by atoms with van der Waals surface area (Å²) in [6.45, 7) is 10.2. The summed E-state index contributed by atoms with van der Waals surface area (Å²) in [4.78, 5) is 49.5. The number of carbonyl (C=O) groups is 4. The number of alkyl halides is 3. The lowest BCUT2D eigenvalue weighted by molar-refractivity contribution is -0.197. The van der Waals surface area contributed by atoms with Crippen molar-refractivity contribution in [3.8, 4) is 6.07 Å². The number of rotatable bonds is 7. The van der Waals surface area contributed by atoms with Crippen LogP contribution in [0, 0.1) is 39.9 Å². The van der Waals surface area contributed by atoms with E-state index in [9.17, 15) is 32.3 Å². The first-order chi connectivity index (χ1) is 18.8. The molecule has 0 aromatic carbocycles. The number of nitrogens with one attached hydrogen (secondary N) is 3. The van der Waals surface area contributed by atoms with Crippen LogP contribution in [0.2, 0.25) is 0 Å². The maximum absolute atomic E-state index is 13.0. The molecule has 2 aliphatic carbocycles. The second-order valence-electron chi connectivity index (χ2n) is 13.5. The molecule has 7 atom stereocenters. The molecule has 2 saturated heterocycles. The Morgan fingerprint density at radius 1 is 1.27 bits per heavy atom. The van der Waals surface area contributed by atoms with Crippen molar-refractivity contribution in [2.75, 3.05) is 13.6 Å². The van der Waals surface area contributed by atoms with Gasteiger partial charge in [-0.2, -0.15) is 18.4 Å². The van der Waals surface area contributed by atoms with Gasteiger partial charge in [-0.05, 0) is 62.3 Å². The van der Waals surface area contributed by atoms with Crippen molar-refractivity contribution in [3.63, 3.8) is 0 Å². The van der Waals surface area contributed by atoms with Gasteiger partial charge in [-0.25, -0.2) is 4.79 Å². The summed E-state index contributed by atoms with van der Waals surface area (Å²) in [7, 11) is 1.76. The second kappa shape index (κ2) is 11.4. The molecule has 3 N–H and O–H groups in total. The fourth-order valence-electron chi connectivity index (χ4n) is 6.10. The van der Waals surface area contributed by atoms with E-state index in [1.54, 1.807) is 27.8 Å². The number of likely N-dealkylation sites (tertiary alicyclic amines) is 1. The van der Waals surface area contributed by atoms with E-state index in [0.717, 1.165) is 25.5 Å². The molecule has 0 bridgehead atoms. The normalized spacial score (nSPS) is 29.1. The summed E-state index contributed by atoms with van der Waals surface area (Å²) in [6, 6.07) is 0.255. The molecule has 2 saturated carbocycles. The highest BCUT2D eigenvalue weighted by molar-refractivity contribution is 5.89. The number of halogens is 3. The molecule has 41 heavy (non-hydrogen) atoms. The Labute approximate surface area is 239 Å². The standard InChI is InChI=1S/C18H27F3N2O4.C10H15N3O/c1-9(18(19,20)21)27-15(26)22-13(16(2,3)4)14(25)23-7-10-12(11(23)8-24)17(10,5)6;1-12-8(6-11)4-7-5-10(2-3-10)13-9(7)14/h8-13H,7H2,1-6H3,(H,22,26);7-8,12H,2-5H2,1H3,(H,13,14). The number of hydrogen-bond donors (Lipinski definition) is 3. The quantitative estimate of drug-likeness (QED) is 0.390. The van der Waals surface area contributed by atoms with E-state index in [-0.39, 0.29) is 40.7 Å². The Morgan fingerprint density at radius 2 is 1.88 bits per heavy atom. The van der Waals surface area contributed by atoms with Crippen molar-refractivity contribution >= 4 is 24.2 Å². The van der Waals surface area contributed by atoms with Crippen LogP contribution in [0.1, 0.15) is 67.2 Å². The number of carbonyl (C=O) groups excluding carboxylic acids is 4. The predicted octanol–water partition coefficient (Wildman–Crippen LogP) is 2.92. The lowest BCUT2D eigenvalue weighted by Crippen LogP contribution is -2.57. The van der Waals surface area contributed by atoms with E-state index in [2.05, 4.69) is 26.8 Å². The molecule has 13 heteroatoms. The maximum atomic E-state index is 13.0. The van der Waals surface area contributed by atoms with Crippen LogP contribution in [-0.2, 0) is 19.1 Å². The van der Waals surface area contributed by atoms with E-state index in [1.807, 2.05) is 13.8 Å². The molecular formula is C28H42F3N5O5. The second-order valence-corrected chi connectivity index (χ2v) is 13.5. The lowest BCUT2D eigenvalue weighted by Gasteiger charge is -2.36. The van der Waals surface area contributed by atoms with Crippen molar-refractivity contribution < 1.29 is 37.1 Å². The monoisotopic (exact) mass is 585 g/mol. The number of fused-ring (bicyclic) bond motifs is 1. The highest BCUT2D eigenvalue weighted by atomic mass is 19.4. The number of amides is 3. The van der Waals surface area contributed by atoms with Crippen LogP contribution in [0.5, 0.6) is 0 Å². The lowest BCUT2D eigenvalue weighted by atomic mass is 9.85. The third-order valence-corrected chi connectivity index (χ3v) is 9.08. The van der Waals surface area contributed by atoms with Crippen molar-refractivity contribution in [1.82, 2.24) is 20.9 Å². The highest BCUT2D eigenvalue weighted by Crippen LogP contribution is 2.64.